The molecular formula is C23H29FN2O3S. The fraction of sp³-hybridized carbons (Fsp3) is 0.435. The molecule has 0 bridgehead atoms. The van der Waals surface area contributed by atoms with Crippen molar-refractivity contribution >= 4 is 15.9 Å². The fourth-order valence-corrected chi connectivity index (χ4v) is 5.46. The first-order chi connectivity index (χ1) is 14.2. The van der Waals surface area contributed by atoms with Crippen LogP contribution in [0.5, 0.6) is 0 Å². The summed E-state index contributed by atoms with van der Waals surface area (Å²) in [6, 6.07) is 15.9. The van der Waals surface area contributed by atoms with Crippen LogP contribution in [-0.2, 0) is 27.0 Å². The van der Waals surface area contributed by atoms with Gasteiger partial charge in [0.05, 0.1) is 5.75 Å². The van der Waals surface area contributed by atoms with E-state index in [0.717, 1.165) is 12.0 Å². The molecule has 0 radical (unpaired) electrons. The molecule has 1 aliphatic rings. The highest BCUT2D eigenvalue weighted by Crippen LogP contribution is 2.24. The van der Waals surface area contributed by atoms with E-state index in [1.165, 1.54) is 22.5 Å². The van der Waals surface area contributed by atoms with E-state index in [2.05, 4.69) is 5.32 Å². The number of carbonyl (C=O) groups is 1. The maximum absolute atomic E-state index is 13.8. The number of halogens is 1. The second-order valence-electron chi connectivity index (χ2n) is 8.56. The van der Waals surface area contributed by atoms with Crippen LogP contribution < -0.4 is 5.32 Å². The van der Waals surface area contributed by atoms with Crippen LogP contribution in [0.25, 0.3) is 0 Å². The number of sulfonamides is 1. The Kier molecular flexibility index (Phi) is 6.93. The minimum Gasteiger partial charge on any atom is -0.351 e. The molecule has 1 saturated heterocycles. The first kappa shape index (κ1) is 22.4. The van der Waals surface area contributed by atoms with Crippen molar-refractivity contribution in [2.75, 3.05) is 13.1 Å². The van der Waals surface area contributed by atoms with Gasteiger partial charge in [0.15, 0.2) is 0 Å². The molecule has 0 unspecified atom stereocenters. The molecule has 2 aromatic rings. The number of hydrogen-bond donors (Lipinski definition) is 1. The number of nitrogens with one attached hydrogen (secondary N) is 1. The van der Waals surface area contributed by atoms with Crippen molar-refractivity contribution in [3.8, 4) is 0 Å². The summed E-state index contributed by atoms with van der Waals surface area (Å²) in [6.07, 6.45) is 1.64. The van der Waals surface area contributed by atoms with Crippen molar-refractivity contribution in [3.05, 3.63) is 71.5 Å². The third-order valence-corrected chi connectivity index (χ3v) is 7.29. The maximum atomic E-state index is 13.8. The average Bonchev–Trinajstić information content (AvgIpc) is 2.70. The van der Waals surface area contributed by atoms with Crippen LogP contribution in [0.3, 0.4) is 0 Å². The van der Waals surface area contributed by atoms with E-state index in [4.69, 9.17) is 0 Å². The molecule has 1 amide bonds. The van der Waals surface area contributed by atoms with Crippen molar-refractivity contribution in [1.29, 1.82) is 0 Å². The third kappa shape index (κ3) is 5.89. The first-order valence-corrected chi connectivity index (χ1v) is 11.8. The molecule has 0 aliphatic carbocycles. The van der Waals surface area contributed by atoms with Crippen LogP contribution in [0.1, 0.15) is 37.8 Å². The number of nitrogens with zero attached hydrogens (tertiary/aromatic N) is 1. The van der Waals surface area contributed by atoms with Crippen LogP contribution in [0.15, 0.2) is 54.6 Å². The van der Waals surface area contributed by atoms with Gasteiger partial charge in [-0.05, 0) is 44.7 Å². The Morgan fingerprint density at radius 2 is 1.67 bits per heavy atom. The molecule has 1 heterocycles. The van der Waals surface area contributed by atoms with Crippen LogP contribution in [0.4, 0.5) is 4.39 Å². The lowest BCUT2D eigenvalue weighted by Gasteiger charge is -2.33. The molecule has 0 atom stereocenters. The van der Waals surface area contributed by atoms with Gasteiger partial charge in [0, 0.05) is 30.1 Å². The Balaban J connectivity index is 1.54. The summed E-state index contributed by atoms with van der Waals surface area (Å²) in [6.45, 7) is 4.53. The van der Waals surface area contributed by atoms with Crippen LogP contribution in [0.2, 0.25) is 0 Å². The van der Waals surface area contributed by atoms with Gasteiger partial charge in [0.2, 0.25) is 15.9 Å². The van der Waals surface area contributed by atoms with E-state index in [1.54, 1.807) is 6.07 Å². The molecule has 1 N–H and O–H groups in total. The van der Waals surface area contributed by atoms with Gasteiger partial charge < -0.3 is 5.32 Å². The molecule has 0 aromatic heterocycles. The van der Waals surface area contributed by atoms with Gasteiger partial charge in [-0.3, -0.25) is 4.79 Å². The lowest BCUT2D eigenvalue weighted by Crippen LogP contribution is -2.50. The summed E-state index contributed by atoms with van der Waals surface area (Å²) in [7, 11) is -3.62. The molecule has 5 nitrogen and oxygen atoms in total. The zero-order valence-electron chi connectivity index (χ0n) is 17.5. The SMILES string of the molecule is CC(C)(Cc1ccccc1)NC(=O)C1CCN(S(=O)(=O)Cc2ccccc2F)CC1. The van der Waals surface area contributed by atoms with E-state index in [1.807, 2.05) is 44.2 Å². The van der Waals surface area contributed by atoms with Gasteiger partial charge in [-0.2, -0.15) is 0 Å². The fourth-order valence-electron chi connectivity index (χ4n) is 3.89. The number of hydrogen-bond acceptors (Lipinski definition) is 3. The lowest BCUT2D eigenvalue weighted by atomic mass is 9.91. The second kappa shape index (κ2) is 9.27. The normalized spacial score (nSPS) is 16.4. The Morgan fingerprint density at radius 1 is 1.07 bits per heavy atom. The highest BCUT2D eigenvalue weighted by molar-refractivity contribution is 7.88. The molecular weight excluding hydrogens is 403 g/mol. The van der Waals surface area contributed by atoms with Gasteiger partial charge in [-0.25, -0.2) is 17.1 Å². The first-order valence-electron chi connectivity index (χ1n) is 10.2. The number of carbonyl (C=O) groups excluding carboxylic acids is 1. The topological polar surface area (TPSA) is 66.5 Å². The average molecular weight is 433 g/mol. The lowest BCUT2D eigenvalue weighted by molar-refractivity contribution is -0.127. The predicted molar refractivity (Wildman–Crippen MR) is 116 cm³/mol. The summed E-state index contributed by atoms with van der Waals surface area (Å²) >= 11 is 0. The van der Waals surface area contributed by atoms with Crippen LogP contribution >= 0.6 is 0 Å². The van der Waals surface area contributed by atoms with E-state index in [9.17, 15) is 17.6 Å². The molecule has 7 heteroatoms. The monoisotopic (exact) mass is 432 g/mol. The molecule has 0 saturated carbocycles. The smallest absolute Gasteiger partial charge is 0.223 e. The van der Waals surface area contributed by atoms with Crippen LogP contribution in [0, 0.1) is 11.7 Å². The van der Waals surface area contributed by atoms with Gasteiger partial charge in [0.25, 0.3) is 0 Å². The van der Waals surface area contributed by atoms with Crippen LogP contribution in [-0.4, -0.2) is 37.3 Å². The van der Waals surface area contributed by atoms with E-state index in [-0.39, 0.29) is 36.2 Å². The largest absolute Gasteiger partial charge is 0.351 e. The Hall–Kier alpha value is -2.25. The summed E-state index contributed by atoms with van der Waals surface area (Å²) in [5, 5.41) is 3.12. The number of benzene rings is 2. The Morgan fingerprint density at radius 3 is 2.30 bits per heavy atom. The Labute approximate surface area is 178 Å². The molecule has 1 fully saturated rings. The van der Waals surface area contributed by atoms with Gasteiger partial charge >= 0.3 is 0 Å². The molecule has 2 aromatic carbocycles. The quantitative estimate of drug-likeness (QED) is 0.728. The standard InChI is InChI=1S/C23H29FN2O3S/c1-23(2,16-18-8-4-3-5-9-18)25-22(27)19-12-14-26(15-13-19)30(28,29)17-20-10-6-7-11-21(20)24/h3-11,19H,12-17H2,1-2H3,(H,25,27). The molecule has 30 heavy (non-hydrogen) atoms. The zero-order valence-corrected chi connectivity index (χ0v) is 18.3. The van der Waals surface area contributed by atoms with E-state index < -0.39 is 21.4 Å². The molecule has 3 rings (SSSR count). The number of rotatable bonds is 7. The summed E-state index contributed by atoms with van der Waals surface area (Å²) < 4.78 is 40.6. The van der Waals surface area contributed by atoms with E-state index in [0.29, 0.717) is 12.8 Å². The van der Waals surface area contributed by atoms with Gasteiger partial charge in [-0.15, -0.1) is 0 Å². The highest BCUT2D eigenvalue weighted by atomic mass is 32.2. The van der Waals surface area contributed by atoms with Gasteiger partial charge in [-0.1, -0.05) is 48.5 Å². The van der Waals surface area contributed by atoms with Crippen molar-refractivity contribution in [3.63, 3.8) is 0 Å². The summed E-state index contributed by atoms with van der Waals surface area (Å²) in [4.78, 5) is 12.8. The summed E-state index contributed by atoms with van der Waals surface area (Å²) in [5.41, 5.74) is 0.920. The van der Waals surface area contributed by atoms with Crippen molar-refractivity contribution in [2.24, 2.45) is 5.92 Å². The van der Waals surface area contributed by atoms with Crippen molar-refractivity contribution in [2.45, 2.75) is 44.4 Å². The number of piperidine rings is 1. The second-order valence-corrected chi connectivity index (χ2v) is 10.5. The minimum absolute atomic E-state index is 0.0397. The predicted octanol–water partition coefficient (Wildman–Crippen LogP) is 3.51. The highest BCUT2D eigenvalue weighted by Gasteiger charge is 2.33. The Bertz CT molecular complexity index is 969. The molecule has 162 valence electrons. The third-order valence-electron chi connectivity index (χ3n) is 5.46. The minimum atomic E-state index is -3.62. The zero-order chi connectivity index (χ0) is 21.8. The molecule has 0 spiro atoms. The molecule has 1 aliphatic heterocycles. The van der Waals surface area contributed by atoms with E-state index >= 15 is 0 Å². The van der Waals surface area contributed by atoms with Crippen molar-refractivity contribution < 1.29 is 17.6 Å². The van der Waals surface area contributed by atoms with Gasteiger partial charge in [0.1, 0.15) is 5.82 Å². The maximum Gasteiger partial charge on any atom is 0.223 e. The summed E-state index contributed by atoms with van der Waals surface area (Å²) in [5.74, 6) is -1.14. The number of amides is 1. The van der Waals surface area contributed by atoms with Crippen molar-refractivity contribution in [1.82, 2.24) is 9.62 Å².